The fraction of sp³-hybridized carbons (Fsp3) is 0.533. The van der Waals surface area contributed by atoms with Crippen LogP contribution < -0.4 is 0 Å². The zero-order valence-corrected chi connectivity index (χ0v) is 13.7. The molecule has 1 aliphatic rings. The van der Waals surface area contributed by atoms with Crippen LogP contribution in [0.4, 0.5) is 0 Å². The number of rotatable bonds is 5. The maximum atomic E-state index is 12.4. The van der Waals surface area contributed by atoms with Crippen molar-refractivity contribution in [2.45, 2.75) is 20.8 Å². The minimum atomic E-state index is -1.27. The topological polar surface area (TPSA) is 108 Å². The average Bonchev–Trinajstić information content (AvgIpc) is 2.50. The number of ketones is 1. The Morgan fingerprint density at radius 1 is 1.00 bits per heavy atom. The summed E-state index contributed by atoms with van der Waals surface area (Å²) in [6.07, 6.45) is 0. The normalized spacial score (nSPS) is 20.5. The fourth-order valence-electron chi connectivity index (χ4n) is 2.36. The lowest BCUT2D eigenvalue weighted by Crippen LogP contribution is -2.42. The molecule has 1 rings (SSSR count). The van der Waals surface area contributed by atoms with Gasteiger partial charge in [-0.05, 0) is 20.8 Å². The van der Waals surface area contributed by atoms with Crippen LogP contribution in [-0.2, 0) is 33.4 Å². The van der Waals surface area contributed by atoms with E-state index in [1.54, 1.807) is 6.92 Å². The Kier molecular flexibility index (Phi) is 6.18. The second kappa shape index (κ2) is 7.66. The lowest BCUT2D eigenvalue weighted by atomic mass is 9.80. The molecule has 2 atom stereocenters. The third-order valence-electron chi connectivity index (χ3n) is 3.36. The van der Waals surface area contributed by atoms with Crippen molar-refractivity contribution < 1.29 is 33.4 Å². The molecule has 8 heteroatoms. The van der Waals surface area contributed by atoms with Gasteiger partial charge in [-0.2, -0.15) is 0 Å². The summed E-state index contributed by atoms with van der Waals surface area (Å²) in [4.78, 5) is 51.6. The van der Waals surface area contributed by atoms with Gasteiger partial charge in [-0.15, -0.1) is 0 Å². The maximum Gasteiger partial charge on any atom is 0.336 e. The van der Waals surface area contributed by atoms with Crippen LogP contribution >= 0.6 is 0 Å². The summed E-state index contributed by atoms with van der Waals surface area (Å²) >= 11 is 0. The van der Waals surface area contributed by atoms with Crippen LogP contribution in [0, 0.1) is 11.8 Å². The maximum absolute atomic E-state index is 12.4. The summed E-state index contributed by atoms with van der Waals surface area (Å²) in [5.41, 5.74) is 0.480. The van der Waals surface area contributed by atoms with E-state index in [1.165, 1.54) is 13.8 Å². The fourth-order valence-corrected chi connectivity index (χ4v) is 2.36. The Labute approximate surface area is 133 Å². The number of hydrogen-bond donors (Lipinski definition) is 0. The molecule has 1 heterocycles. The van der Waals surface area contributed by atoms with Gasteiger partial charge in [0.15, 0.2) is 5.78 Å². The highest BCUT2D eigenvalue weighted by atomic mass is 16.5. The molecule has 0 spiro atoms. The molecular weight excluding hydrogens is 306 g/mol. The van der Waals surface area contributed by atoms with E-state index in [0.717, 1.165) is 14.2 Å². The Morgan fingerprint density at radius 2 is 1.61 bits per heavy atom. The van der Waals surface area contributed by atoms with Gasteiger partial charge in [0.1, 0.15) is 18.4 Å². The van der Waals surface area contributed by atoms with Gasteiger partial charge in [-0.1, -0.05) is 0 Å². The van der Waals surface area contributed by atoms with Crippen molar-refractivity contribution in [3.63, 3.8) is 0 Å². The summed E-state index contributed by atoms with van der Waals surface area (Å²) < 4.78 is 14.3. The average molecular weight is 325 g/mol. The van der Waals surface area contributed by atoms with Gasteiger partial charge in [0.2, 0.25) is 0 Å². The molecule has 0 aromatic rings. The lowest BCUT2D eigenvalue weighted by Gasteiger charge is -2.28. The van der Waals surface area contributed by atoms with Crippen molar-refractivity contribution in [3.05, 3.63) is 11.3 Å². The molecule has 0 aromatic heterocycles. The van der Waals surface area contributed by atoms with Crippen molar-refractivity contribution >= 4 is 29.4 Å². The molecule has 0 amide bonds. The zero-order valence-electron chi connectivity index (χ0n) is 13.7. The predicted octanol–water partition coefficient (Wildman–Crippen LogP) is 0.445. The smallest absolute Gasteiger partial charge is 0.336 e. The molecule has 0 bridgehead atoms. The molecule has 0 fully saturated rings. The molecule has 0 saturated heterocycles. The van der Waals surface area contributed by atoms with Crippen molar-refractivity contribution in [1.82, 2.24) is 0 Å². The second-order valence-corrected chi connectivity index (χ2v) is 5.03. The first-order valence-electron chi connectivity index (χ1n) is 6.82. The number of ether oxygens (including phenoxy) is 3. The molecule has 0 aromatic carbocycles. The van der Waals surface area contributed by atoms with Crippen molar-refractivity contribution in [1.29, 1.82) is 0 Å². The number of nitrogens with zero attached hydrogens (tertiary/aromatic N) is 1. The number of carbonyl (C=O) groups is 4. The van der Waals surface area contributed by atoms with Crippen LogP contribution in [0.15, 0.2) is 16.3 Å². The van der Waals surface area contributed by atoms with Crippen LogP contribution in [0.2, 0.25) is 0 Å². The summed E-state index contributed by atoms with van der Waals surface area (Å²) in [6.45, 7) is 3.87. The van der Waals surface area contributed by atoms with Crippen LogP contribution in [0.5, 0.6) is 0 Å². The molecule has 8 nitrogen and oxygen atoms in total. The van der Waals surface area contributed by atoms with Gasteiger partial charge < -0.3 is 14.2 Å². The third-order valence-corrected chi connectivity index (χ3v) is 3.36. The standard InChI is InChI=1S/C15H19NO7/c1-7(17)6-23-15(20)12-10(13(18)21-4)8(2)16-9(3)11(12)14(19)22-5/h10,12H,6H2,1-5H3/t10?,12-/m0/s1. The first kappa shape index (κ1) is 18.5. The van der Waals surface area contributed by atoms with Crippen LogP contribution in [0.3, 0.4) is 0 Å². The molecular formula is C15H19NO7. The summed E-state index contributed by atoms with van der Waals surface area (Å²) in [6, 6.07) is 0. The molecule has 0 radical (unpaired) electrons. The van der Waals surface area contributed by atoms with Gasteiger partial charge in [-0.25, -0.2) is 4.79 Å². The molecule has 0 aliphatic carbocycles. The monoisotopic (exact) mass is 325 g/mol. The van der Waals surface area contributed by atoms with Crippen LogP contribution in [0.25, 0.3) is 0 Å². The molecule has 23 heavy (non-hydrogen) atoms. The van der Waals surface area contributed by atoms with E-state index in [2.05, 4.69) is 9.73 Å². The highest BCUT2D eigenvalue weighted by Crippen LogP contribution is 2.33. The van der Waals surface area contributed by atoms with Crippen molar-refractivity contribution in [3.8, 4) is 0 Å². The number of allylic oxidation sites excluding steroid dienone is 1. The number of aliphatic imine (C=N–C) groups is 1. The molecule has 1 aliphatic heterocycles. The summed E-state index contributed by atoms with van der Waals surface area (Å²) in [7, 11) is 2.31. The third kappa shape index (κ3) is 4.02. The van der Waals surface area contributed by atoms with Crippen LogP contribution in [-0.4, -0.2) is 50.2 Å². The van der Waals surface area contributed by atoms with E-state index in [0.29, 0.717) is 5.71 Å². The molecule has 0 saturated carbocycles. The van der Waals surface area contributed by atoms with E-state index in [4.69, 9.17) is 9.47 Å². The first-order chi connectivity index (χ1) is 10.7. The van der Waals surface area contributed by atoms with Gasteiger partial charge in [0.05, 0.1) is 19.8 Å². The van der Waals surface area contributed by atoms with Crippen molar-refractivity contribution in [2.75, 3.05) is 20.8 Å². The largest absolute Gasteiger partial charge is 0.468 e. The highest BCUT2D eigenvalue weighted by Gasteiger charge is 2.46. The van der Waals surface area contributed by atoms with E-state index < -0.39 is 36.4 Å². The van der Waals surface area contributed by atoms with Gasteiger partial charge >= 0.3 is 17.9 Å². The Bertz CT molecular complexity index is 603. The minimum Gasteiger partial charge on any atom is -0.468 e. The van der Waals surface area contributed by atoms with E-state index in [-0.39, 0.29) is 17.1 Å². The molecule has 126 valence electrons. The SMILES string of the molecule is COC(=O)C1=C(C)N=C(C)C(C(=O)OC)[C@@H]1C(=O)OCC(C)=O. The first-order valence-corrected chi connectivity index (χ1v) is 6.82. The minimum absolute atomic E-state index is 0.0814. The van der Waals surface area contributed by atoms with E-state index in [9.17, 15) is 19.2 Å². The Morgan fingerprint density at radius 3 is 2.09 bits per heavy atom. The van der Waals surface area contributed by atoms with Gasteiger partial charge in [-0.3, -0.25) is 19.4 Å². The molecule has 1 unspecified atom stereocenters. The number of methoxy groups -OCH3 is 2. The quantitative estimate of drug-likeness (QED) is 0.533. The second-order valence-electron chi connectivity index (χ2n) is 5.03. The summed E-state index contributed by atoms with van der Waals surface area (Å²) in [5.74, 6) is -5.16. The van der Waals surface area contributed by atoms with Crippen LogP contribution in [0.1, 0.15) is 20.8 Å². The summed E-state index contributed by atoms with van der Waals surface area (Å²) in [5, 5.41) is 0. The zero-order chi connectivity index (χ0) is 17.7. The lowest BCUT2D eigenvalue weighted by molar-refractivity contribution is -0.158. The Balaban J connectivity index is 3.34. The van der Waals surface area contributed by atoms with Gasteiger partial charge in [0, 0.05) is 11.4 Å². The van der Waals surface area contributed by atoms with Crippen molar-refractivity contribution in [2.24, 2.45) is 16.8 Å². The number of carbonyl (C=O) groups excluding carboxylic acids is 4. The molecule has 0 N–H and O–H groups in total. The van der Waals surface area contributed by atoms with E-state index in [1.807, 2.05) is 0 Å². The number of Topliss-reactive ketones (excluding diaryl/α,β-unsaturated/α-hetero) is 1. The number of esters is 3. The predicted molar refractivity (Wildman–Crippen MR) is 78.5 cm³/mol. The van der Waals surface area contributed by atoms with Gasteiger partial charge in [0.25, 0.3) is 0 Å². The number of hydrogen-bond acceptors (Lipinski definition) is 8. The van der Waals surface area contributed by atoms with E-state index >= 15 is 0 Å². The Hall–Kier alpha value is -2.51. The highest BCUT2D eigenvalue weighted by molar-refractivity contribution is 6.10.